The molecule has 3 nitrogen and oxygen atoms in total. The number of thiazole rings is 1. The SMILES string of the molecule is CCCC1(CN(C)Cc2cscn2)CCNC1. The van der Waals surface area contributed by atoms with E-state index in [1.165, 1.54) is 44.6 Å². The summed E-state index contributed by atoms with van der Waals surface area (Å²) in [6, 6.07) is 0. The van der Waals surface area contributed by atoms with Crippen molar-refractivity contribution in [1.29, 1.82) is 0 Å². The average molecular weight is 253 g/mol. The summed E-state index contributed by atoms with van der Waals surface area (Å²) in [6.45, 7) is 6.83. The van der Waals surface area contributed by atoms with Crippen molar-refractivity contribution >= 4 is 11.3 Å². The second-order valence-corrected chi connectivity index (χ2v) is 6.05. The van der Waals surface area contributed by atoms with Gasteiger partial charge in [0, 0.05) is 25.0 Å². The lowest BCUT2D eigenvalue weighted by Gasteiger charge is -2.32. The van der Waals surface area contributed by atoms with Gasteiger partial charge < -0.3 is 5.32 Å². The van der Waals surface area contributed by atoms with Crippen LogP contribution >= 0.6 is 11.3 Å². The topological polar surface area (TPSA) is 28.2 Å². The average Bonchev–Trinajstić information content (AvgIpc) is 2.90. The maximum absolute atomic E-state index is 4.36. The summed E-state index contributed by atoms with van der Waals surface area (Å²) in [5.41, 5.74) is 3.62. The Hall–Kier alpha value is -0.450. The van der Waals surface area contributed by atoms with Crippen molar-refractivity contribution in [3.63, 3.8) is 0 Å². The van der Waals surface area contributed by atoms with E-state index >= 15 is 0 Å². The lowest BCUT2D eigenvalue weighted by molar-refractivity contribution is 0.171. The zero-order valence-electron chi connectivity index (χ0n) is 10.9. The fourth-order valence-electron chi connectivity index (χ4n) is 2.97. The fraction of sp³-hybridized carbons (Fsp3) is 0.769. The van der Waals surface area contributed by atoms with E-state index in [4.69, 9.17) is 0 Å². The molecule has 4 heteroatoms. The van der Waals surface area contributed by atoms with E-state index in [1.807, 2.05) is 5.51 Å². The first kappa shape index (κ1) is 13.0. The molecule has 1 N–H and O–H groups in total. The third-order valence-corrected chi connectivity index (χ3v) is 4.27. The van der Waals surface area contributed by atoms with Gasteiger partial charge in [-0.15, -0.1) is 11.3 Å². The summed E-state index contributed by atoms with van der Waals surface area (Å²) in [5, 5.41) is 5.67. The summed E-state index contributed by atoms with van der Waals surface area (Å²) in [6.07, 6.45) is 3.94. The number of hydrogen-bond acceptors (Lipinski definition) is 4. The Balaban J connectivity index is 1.89. The molecule has 0 aliphatic carbocycles. The van der Waals surface area contributed by atoms with Crippen LogP contribution < -0.4 is 5.32 Å². The minimum atomic E-state index is 0.500. The van der Waals surface area contributed by atoms with Crippen LogP contribution in [0.15, 0.2) is 10.9 Å². The Labute approximate surface area is 108 Å². The monoisotopic (exact) mass is 253 g/mol. The Morgan fingerprint density at radius 2 is 2.47 bits per heavy atom. The van der Waals surface area contributed by atoms with Crippen molar-refractivity contribution in [2.75, 3.05) is 26.7 Å². The zero-order chi connectivity index (χ0) is 12.1. The van der Waals surface area contributed by atoms with E-state index in [0.717, 1.165) is 6.54 Å². The molecular weight excluding hydrogens is 230 g/mol. The largest absolute Gasteiger partial charge is 0.316 e. The summed E-state index contributed by atoms with van der Waals surface area (Å²) >= 11 is 1.68. The van der Waals surface area contributed by atoms with Crippen LogP contribution in [0.25, 0.3) is 0 Å². The van der Waals surface area contributed by atoms with E-state index in [9.17, 15) is 0 Å². The molecule has 1 aliphatic rings. The van der Waals surface area contributed by atoms with Crippen molar-refractivity contribution < 1.29 is 0 Å². The predicted octanol–water partition coefficient (Wildman–Crippen LogP) is 2.35. The van der Waals surface area contributed by atoms with Gasteiger partial charge in [-0.1, -0.05) is 13.3 Å². The molecule has 1 unspecified atom stereocenters. The van der Waals surface area contributed by atoms with Crippen molar-refractivity contribution in [2.45, 2.75) is 32.7 Å². The molecule has 1 saturated heterocycles. The third kappa shape index (κ3) is 3.50. The van der Waals surface area contributed by atoms with Gasteiger partial charge in [0.25, 0.3) is 0 Å². The highest BCUT2D eigenvalue weighted by molar-refractivity contribution is 7.07. The zero-order valence-corrected chi connectivity index (χ0v) is 11.7. The fourth-order valence-corrected chi connectivity index (χ4v) is 3.52. The number of nitrogens with zero attached hydrogens (tertiary/aromatic N) is 2. The highest BCUT2D eigenvalue weighted by atomic mass is 32.1. The van der Waals surface area contributed by atoms with Gasteiger partial charge in [-0.25, -0.2) is 4.98 Å². The first-order valence-electron chi connectivity index (χ1n) is 6.50. The highest BCUT2D eigenvalue weighted by Crippen LogP contribution is 2.32. The molecule has 0 radical (unpaired) electrons. The van der Waals surface area contributed by atoms with Crippen LogP contribution in [0.5, 0.6) is 0 Å². The van der Waals surface area contributed by atoms with Crippen molar-refractivity contribution in [2.24, 2.45) is 5.41 Å². The normalized spacial score (nSPS) is 24.6. The van der Waals surface area contributed by atoms with Crippen LogP contribution in [0.3, 0.4) is 0 Å². The van der Waals surface area contributed by atoms with Crippen LogP contribution in [0.1, 0.15) is 31.9 Å². The van der Waals surface area contributed by atoms with Gasteiger partial charge in [-0.05, 0) is 31.8 Å². The van der Waals surface area contributed by atoms with E-state index in [0.29, 0.717) is 5.41 Å². The maximum Gasteiger partial charge on any atom is 0.0795 e. The van der Waals surface area contributed by atoms with Gasteiger partial charge in [0.2, 0.25) is 0 Å². The number of aromatic nitrogens is 1. The number of hydrogen-bond donors (Lipinski definition) is 1. The Kier molecular flexibility index (Phi) is 4.54. The second kappa shape index (κ2) is 5.94. The Morgan fingerprint density at radius 1 is 1.59 bits per heavy atom. The van der Waals surface area contributed by atoms with Gasteiger partial charge >= 0.3 is 0 Å². The second-order valence-electron chi connectivity index (χ2n) is 5.33. The van der Waals surface area contributed by atoms with Crippen LogP contribution in [-0.2, 0) is 6.54 Å². The minimum Gasteiger partial charge on any atom is -0.316 e. The smallest absolute Gasteiger partial charge is 0.0795 e. The molecule has 0 saturated carbocycles. The first-order valence-corrected chi connectivity index (χ1v) is 7.45. The van der Waals surface area contributed by atoms with E-state index in [2.05, 4.69) is 34.6 Å². The Morgan fingerprint density at radius 3 is 3.06 bits per heavy atom. The molecule has 1 aromatic heterocycles. The molecule has 0 bridgehead atoms. The van der Waals surface area contributed by atoms with Gasteiger partial charge in [0.05, 0.1) is 11.2 Å². The summed E-state index contributed by atoms with van der Waals surface area (Å²) in [7, 11) is 2.22. The van der Waals surface area contributed by atoms with E-state index in [-0.39, 0.29) is 0 Å². The van der Waals surface area contributed by atoms with Crippen LogP contribution in [0, 0.1) is 5.41 Å². The molecule has 1 aliphatic heterocycles. The molecule has 0 amide bonds. The third-order valence-electron chi connectivity index (χ3n) is 3.63. The summed E-state index contributed by atoms with van der Waals surface area (Å²) in [4.78, 5) is 6.79. The maximum atomic E-state index is 4.36. The van der Waals surface area contributed by atoms with Crippen LogP contribution in [0.2, 0.25) is 0 Å². The molecule has 0 aromatic carbocycles. The molecule has 2 heterocycles. The van der Waals surface area contributed by atoms with E-state index in [1.54, 1.807) is 11.3 Å². The number of nitrogens with one attached hydrogen (secondary N) is 1. The van der Waals surface area contributed by atoms with Crippen molar-refractivity contribution in [3.8, 4) is 0 Å². The van der Waals surface area contributed by atoms with Gasteiger partial charge in [-0.3, -0.25) is 4.90 Å². The Bertz CT molecular complexity index is 317. The highest BCUT2D eigenvalue weighted by Gasteiger charge is 2.33. The van der Waals surface area contributed by atoms with Gasteiger partial charge in [0.1, 0.15) is 0 Å². The molecule has 0 spiro atoms. The van der Waals surface area contributed by atoms with Crippen molar-refractivity contribution in [1.82, 2.24) is 15.2 Å². The molecule has 2 rings (SSSR count). The van der Waals surface area contributed by atoms with E-state index < -0.39 is 0 Å². The van der Waals surface area contributed by atoms with Gasteiger partial charge in [-0.2, -0.15) is 0 Å². The van der Waals surface area contributed by atoms with Crippen LogP contribution in [-0.4, -0.2) is 36.6 Å². The molecule has 96 valence electrons. The molecular formula is C13H23N3S. The summed E-state index contributed by atoms with van der Waals surface area (Å²) in [5.74, 6) is 0. The molecule has 1 fully saturated rings. The lowest BCUT2D eigenvalue weighted by Crippen LogP contribution is -2.37. The molecule has 17 heavy (non-hydrogen) atoms. The quantitative estimate of drug-likeness (QED) is 0.843. The molecule has 1 atom stereocenters. The lowest BCUT2D eigenvalue weighted by atomic mass is 9.82. The first-order chi connectivity index (χ1) is 8.24. The predicted molar refractivity (Wildman–Crippen MR) is 73.3 cm³/mol. The van der Waals surface area contributed by atoms with Crippen molar-refractivity contribution in [3.05, 3.63) is 16.6 Å². The summed E-state index contributed by atoms with van der Waals surface area (Å²) < 4.78 is 0. The van der Waals surface area contributed by atoms with Crippen LogP contribution in [0.4, 0.5) is 0 Å². The number of rotatable bonds is 6. The minimum absolute atomic E-state index is 0.500. The standard InChI is InChI=1S/C13H23N3S/c1-3-4-13(5-6-14-9-13)10-16(2)7-12-8-17-11-15-12/h8,11,14H,3-7,9-10H2,1-2H3. The molecule has 1 aromatic rings. The van der Waals surface area contributed by atoms with Gasteiger partial charge in [0.15, 0.2) is 0 Å².